The number of nitrogen functional groups attached to an aromatic ring is 1. The van der Waals surface area contributed by atoms with Crippen LogP contribution in [0, 0.1) is 0 Å². The molecule has 4 nitrogen and oxygen atoms in total. The molecule has 0 saturated heterocycles. The number of aryl methyl sites for hydroxylation is 1. The van der Waals surface area contributed by atoms with Crippen LogP contribution in [0.1, 0.15) is 0 Å². The molecule has 84 valence electrons. The molecule has 0 saturated carbocycles. The van der Waals surface area contributed by atoms with E-state index in [1.807, 2.05) is 18.2 Å². The Hall–Kier alpha value is -1.01. The summed E-state index contributed by atoms with van der Waals surface area (Å²) in [5.74, 6) is 1.24. The van der Waals surface area contributed by atoms with Crippen molar-refractivity contribution in [3.05, 3.63) is 35.1 Å². The van der Waals surface area contributed by atoms with E-state index < -0.39 is 0 Å². The minimum Gasteiger partial charge on any atom is -0.366 e. The third-order valence-electron chi connectivity index (χ3n) is 1.96. The van der Waals surface area contributed by atoms with Gasteiger partial charge in [0.25, 0.3) is 0 Å². The largest absolute Gasteiger partial charge is 0.366 e. The van der Waals surface area contributed by atoms with E-state index in [9.17, 15) is 0 Å². The first-order valence-corrected chi connectivity index (χ1v) is 6.57. The Morgan fingerprint density at radius 3 is 2.69 bits per heavy atom. The smallest absolute Gasteiger partial charge is 0.240 e. The lowest BCUT2D eigenvalue weighted by Gasteiger charge is -2.02. The zero-order chi connectivity index (χ0) is 11.4. The number of hydrogen-bond acceptors (Lipinski definition) is 4. The van der Waals surface area contributed by atoms with Gasteiger partial charge in [-0.25, -0.2) is 4.68 Å². The zero-order valence-corrected chi connectivity index (χ0v) is 10.9. The fourth-order valence-corrected chi connectivity index (χ4v) is 2.54. The maximum Gasteiger partial charge on any atom is 0.240 e. The van der Waals surface area contributed by atoms with Crippen molar-refractivity contribution < 1.29 is 0 Å². The highest BCUT2D eigenvalue weighted by molar-refractivity contribution is 9.10. The minimum atomic E-state index is 0.302. The van der Waals surface area contributed by atoms with Crippen LogP contribution < -0.4 is 5.73 Å². The third kappa shape index (κ3) is 2.99. The van der Waals surface area contributed by atoms with E-state index in [0.717, 1.165) is 12.3 Å². The second-order valence-electron chi connectivity index (χ2n) is 3.12. The lowest BCUT2D eigenvalue weighted by atomic mass is 10.4. The second-order valence-corrected chi connectivity index (χ2v) is 5.00. The van der Waals surface area contributed by atoms with Crippen LogP contribution in [0.25, 0.3) is 0 Å². The molecule has 0 radical (unpaired) electrons. The molecule has 0 amide bonds. The van der Waals surface area contributed by atoms with Gasteiger partial charge in [-0.3, -0.25) is 0 Å². The maximum atomic E-state index is 5.48. The van der Waals surface area contributed by atoms with Crippen LogP contribution in [0.15, 0.2) is 40.0 Å². The molecule has 0 spiro atoms. The summed E-state index contributed by atoms with van der Waals surface area (Å²) in [6.45, 7) is 0.782. The van der Waals surface area contributed by atoms with Gasteiger partial charge in [-0.15, -0.1) is 16.9 Å². The van der Waals surface area contributed by atoms with Crippen molar-refractivity contribution >= 4 is 33.6 Å². The number of rotatable bonds is 4. The Balaban J connectivity index is 1.87. The van der Waals surface area contributed by atoms with Crippen molar-refractivity contribution in [3.63, 3.8) is 0 Å². The summed E-state index contributed by atoms with van der Waals surface area (Å²) in [4.78, 5) is 5.23. The van der Waals surface area contributed by atoms with Gasteiger partial charge in [-0.2, -0.15) is 4.98 Å². The molecule has 1 aromatic heterocycles. The SMILES string of the molecule is Nc1nc(Br)n(CCSc2ccccc2)n1. The van der Waals surface area contributed by atoms with Gasteiger partial charge in [0, 0.05) is 10.6 Å². The molecule has 2 rings (SSSR count). The molecular formula is C10H11BrN4S. The van der Waals surface area contributed by atoms with E-state index in [2.05, 4.69) is 38.1 Å². The fourth-order valence-electron chi connectivity index (χ4n) is 1.25. The average Bonchev–Trinajstić information content (AvgIpc) is 2.59. The quantitative estimate of drug-likeness (QED) is 0.881. The number of halogens is 1. The highest BCUT2D eigenvalue weighted by atomic mass is 79.9. The summed E-state index contributed by atoms with van der Waals surface area (Å²) in [6.07, 6.45) is 0. The fraction of sp³-hybridized carbons (Fsp3) is 0.200. The van der Waals surface area contributed by atoms with Crippen LogP contribution in [-0.4, -0.2) is 20.5 Å². The first kappa shape index (κ1) is 11.5. The summed E-state index contributed by atoms with van der Waals surface area (Å²) in [6, 6.07) is 10.3. The van der Waals surface area contributed by atoms with Gasteiger partial charge in [0.15, 0.2) is 4.73 Å². The Morgan fingerprint density at radius 1 is 1.31 bits per heavy atom. The van der Waals surface area contributed by atoms with Gasteiger partial charge in [0.1, 0.15) is 0 Å². The molecule has 0 aliphatic heterocycles. The number of nitrogens with zero attached hydrogens (tertiary/aromatic N) is 3. The topological polar surface area (TPSA) is 56.7 Å². The molecule has 6 heteroatoms. The number of aromatic nitrogens is 3. The number of hydrogen-bond donors (Lipinski definition) is 1. The molecule has 2 aromatic rings. The van der Waals surface area contributed by atoms with Crippen LogP contribution in [0.2, 0.25) is 0 Å². The molecule has 0 aliphatic carbocycles. The van der Waals surface area contributed by atoms with Crippen LogP contribution in [-0.2, 0) is 6.54 Å². The van der Waals surface area contributed by atoms with Crippen molar-refractivity contribution in [2.45, 2.75) is 11.4 Å². The summed E-state index contributed by atoms with van der Waals surface area (Å²) < 4.78 is 2.43. The zero-order valence-electron chi connectivity index (χ0n) is 8.51. The molecule has 0 fully saturated rings. The highest BCUT2D eigenvalue weighted by Gasteiger charge is 2.03. The summed E-state index contributed by atoms with van der Waals surface area (Å²) in [7, 11) is 0. The van der Waals surface area contributed by atoms with Crippen molar-refractivity contribution in [2.75, 3.05) is 11.5 Å². The molecule has 0 unspecified atom stereocenters. The number of thioether (sulfide) groups is 1. The number of anilines is 1. The third-order valence-corrected chi connectivity index (χ3v) is 3.54. The molecule has 0 atom stereocenters. The van der Waals surface area contributed by atoms with Gasteiger partial charge in [-0.05, 0) is 28.1 Å². The Morgan fingerprint density at radius 2 is 2.06 bits per heavy atom. The molecule has 0 aliphatic rings. The number of nitrogens with two attached hydrogens (primary N) is 1. The van der Waals surface area contributed by atoms with Crippen molar-refractivity contribution in [1.29, 1.82) is 0 Å². The molecule has 16 heavy (non-hydrogen) atoms. The minimum absolute atomic E-state index is 0.302. The van der Waals surface area contributed by atoms with Gasteiger partial charge in [0.2, 0.25) is 5.95 Å². The van der Waals surface area contributed by atoms with Crippen LogP contribution >= 0.6 is 27.7 Å². The molecule has 1 heterocycles. The van der Waals surface area contributed by atoms with Gasteiger partial charge >= 0.3 is 0 Å². The van der Waals surface area contributed by atoms with E-state index in [1.165, 1.54) is 4.90 Å². The van der Waals surface area contributed by atoms with E-state index in [4.69, 9.17) is 5.73 Å². The Bertz CT molecular complexity index is 457. The van der Waals surface area contributed by atoms with E-state index in [1.54, 1.807) is 16.4 Å². The Kier molecular flexibility index (Phi) is 3.84. The van der Waals surface area contributed by atoms with E-state index in [-0.39, 0.29) is 0 Å². The average molecular weight is 299 g/mol. The van der Waals surface area contributed by atoms with Gasteiger partial charge in [-0.1, -0.05) is 18.2 Å². The maximum absolute atomic E-state index is 5.48. The standard InChI is InChI=1S/C10H11BrN4S/c11-9-13-10(12)14-15(9)6-7-16-8-4-2-1-3-5-8/h1-5H,6-7H2,(H2,12,14). The van der Waals surface area contributed by atoms with E-state index >= 15 is 0 Å². The van der Waals surface area contributed by atoms with Crippen molar-refractivity contribution in [1.82, 2.24) is 14.8 Å². The summed E-state index contributed by atoms with van der Waals surface area (Å²) in [5, 5.41) is 4.06. The molecule has 0 bridgehead atoms. The van der Waals surface area contributed by atoms with Crippen molar-refractivity contribution in [3.8, 4) is 0 Å². The monoisotopic (exact) mass is 298 g/mol. The summed E-state index contributed by atoms with van der Waals surface area (Å²) >= 11 is 5.09. The predicted octanol–water partition coefficient (Wildman–Crippen LogP) is 2.42. The first-order valence-electron chi connectivity index (χ1n) is 4.79. The lowest BCUT2D eigenvalue weighted by Crippen LogP contribution is -2.03. The normalized spacial score (nSPS) is 10.6. The van der Waals surface area contributed by atoms with Crippen LogP contribution in [0.5, 0.6) is 0 Å². The van der Waals surface area contributed by atoms with Crippen LogP contribution in [0.3, 0.4) is 0 Å². The van der Waals surface area contributed by atoms with Gasteiger partial charge < -0.3 is 5.73 Å². The predicted molar refractivity (Wildman–Crippen MR) is 69.3 cm³/mol. The number of benzene rings is 1. The molecule has 1 aromatic carbocycles. The van der Waals surface area contributed by atoms with Gasteiger partial charge in [0.05, 0.1) is 6.54 Å². The van der Waals surface area contributed by atoms with Crippen LogP contribution in [0.4, 0.5) is 5.95 Å². The lowest BCUT2D eigenvalue weighted by molar-refractivity contribution is 0.650. The summed E-state index contributed by atoms with van der Waals surface area (Å²) in [5.41, 5.74) is 5.48. The molecular weight excluding hydrogens is 288 g/mol. The van der Waals surface area contributed by atoms with E-state index in [0.29, 0.717) is 10.7 Å². The van der Waals surface area contributed by atoms with Crippen molar-refractivity contribution in [2.24, 2.45) is 0 Å². The first-order chi connectivity index (χ1) is 7.75. The molecule has 2 N–H and O–H groups in total. The second kappa shape index (κ2) is 5.36. The Labute approximate surface area is 106 Å². The highest BCUT2D eigenvalue weighted by Crippen LogP contribution is 2.18.